The molecule has 132 valence electrons. The lowest BCUT2D eigenvalue weighted by Crippen LogP contribution is -2.51. The monoisotopic (exact) mass is 361 g/mol. The molecule has 3 amide bonds. The Hall–Kier alpha value is -2.68. The fourth-order valence-corrected chi connectivity index (χ4v) is 3.08. The molecule has 1 aliphatic heterocycles. The predicted molar refractivity (Wildman–Crippen MR) is 94.1 cm³/mol. The molecule has 1 aromatic heterocycles. The van der Waals surface area contributed by atoms with Crippen molar-refractivity contribution in [3.05, 3.63) is 34.8 Å². The van der Waals surface area contributed by atoms with Gasteiger partial charge in [-0.3, -0.25) is 10.1 Å². The number of nitrogens with zero attached hydrogens (tertiary/aromatic N) is 4. The molecule has 8 nitrogen and oxygen atoms in total. The van der Waals surface area contributed by atoms with Gasteiger partial charge in [-0.1, -0.05) is 17.4 Å². The molecular formula is C16H19N5O3S. The Labute approximate surface area is 149 Å². The second-order valence-electron chi connectivity index (χ2n) is 5.64. The lowest BCUT2D eigenvalue weighted by atomic mass is 10.1. The van der Waals surface area contributed by atoms with E-state index in [-0.39, 0.29) is 11.9 Å². The van der Waals surface area contributed by atoms with E-state index >= 15 is 0 Å². The highest BCUT2D eigenvalue weighted by molar-refractivity contribution is 7.13. The number of amides is 3. The zero-order valence-electron chi connectivity index (χ0n) is 14.1. The van der Waals surface area contributed by atoms with Gasteiger partial charge in [-0.15, -0.1) is 10.2 Å². The average Bonchev–Trinajstić information content (AvgIpc) is 3.14. The van der Waals surface area contributed by atoms with Gasteiger partial charge >= 0.3 is 6.03 Å². The van der Waals surface area contributed by atoms with E-state index in [9.17, 15) is 9.59 Å². The standard InChI is InChI=1S/C16H19N5O3S/c1-11-3-4-12(9-13(11)24-2)14(22)20-5-7-21(8-6-20)16(23)18-15-19-17-10-25-15/h3-4,9-10H,5-8H2,1-2H3,(H,18,19,23). The van der Waals surface area contributed by atoms with Crippen LogP contribution in [-0.4, -0.2) is 65.2 Å². The molecular weight excluding hydrogens is 342 g/mol. The van der Waals surface area contributed by atoms with Gasteiger partial charge in [0.2, 0.25) is 5.13 Å². The van der Waals surface area contributed by atoms with Crippen LogP contribution in [0, 0.1) is 6.92 Å². The number of methoxy groups -OCH3 is 1. The first-order chi connectivity index (χ1) is 12.1. The summed E-state index contributed by atoms with van der Waals surface area (Å²) in [7, 11) is 1.59. The van der Waals surface area contributed by atoms with Gasteiger partial charge in [0.25, 0.3) is 5.91 Å². The van der Waals surface area contributed by atoms with Crippen molar-refractivity contribution in [3.63, 3.8) is 0 Å². The summed E-state index contributed by atoms with van der Waals surface area (Å²) in [6.07, 6.45) is 0. The summed E-state index contributed by atoms with van der Waals surface area (Å²) in [6.45, 7) is 3.85. The number of nitrogens with one attached hydrogen (secondary N) is 1. The van der Waals surface area contributed by atoms with Crippen LogP contribution in [0.1, 0.15) is 15.9 Å². The van der Waals surface area contributed by atoms with Gasteiger partial charge in [-0.05, 0) is 24.6 Å². The van der Waals surface area contributed by atoms with Crippen LogP contribution in [-0.2, 0) is 0 Å². The molecule has 0 radical (unpaired) electrons. The minimum atomic E-state index is -0.221. The molecule has 1 fully saturated rings. The summed E-state index contributed by atoms with van der Waals surface area (Å²) >= 11 is 1.27. The zero-order chi connectivity index (χ0) is 17.8. The first kappa shape index (κ1) is 17.2. The summed E-state index contributed by atoms with van der Waals surface area (Å²) in [5, 5.41) is 10.6. The molecule has 0 saturated carbocycles. The number of benzene rings is 1. The van der Waals surface area contributed by atoms with Crippen molar-refractivity contribution in [1.82, 2.24) is 20.0 Å². The third kappa shape index (κ3) is 3.87. The highest BCUT2D eigenvalue weighted by Gasteiger charge is 2.25. The van der Waals surface area contributed by atoms with Crippen molar-refractivity contribution >= 4 is 28.4 Å². The number of aryl methyl sites for hydroxylation is 1. The molecule has 3 rings (SSSR count). The Balaban J connectivity index is 1.58. The van der Waals surface area contributed by atoms with E-state index in [0.717, 1.165) is 5.56 Å². The van der Waals surface area contributed by atoms with E-state index in [1.807, 2.05) is 13.0 Å². The molecule has 0 aliphatic carbocycles. The maximum absolute atomic E-state index is 12.6. The SMILES string of the molecule is COc1cc(C(=O)N2CCN(C(=O)Nc3nncs3)CC2)ccc1C. The molecule has 1 N–H and O–H groups in total. The molecule has 1 aromatic carbocycles. The number of aromatic nitrogens is 2. The Bertz CT molecular complexity index is 757. The smallest absolute Gasteiger partial charge is 0.323 e. The molecule has 0 unspecified atom stereocenters. The molecule has 0 bridgehead atoms. The highest BCUT2D eigenvalue weighted by atomic mass is 32.1. The van der Waals surface area contributed by atoms with Crippen LogP contribution >= 0.6 is 11.3 Å². The number of carbonyl (C=O) groups is 2. The molecule has 2 aromatic rings. The van der Waals surface area contributed by atoms with Crippen molar-refractivity contribution in [2.24, 2.45) is 0 Å². The fraction of sp³-hybridized carbons (Fsp3) is 0.375. The van der Waals surface area contributed by atoms with E-state index in [2.05, 4.69) is 15.5 Å². The number of hydrogen-bond donors (Lipinski definition) is 1. The molecule has 1 aliphatic rings. The lowest BCUT2D eigenvalue weighted by Gasteiger charge is -2.34. The molecule has 9 heteroatoms. The minimum absolute atomic E-state index is 0.0533. The maximum Gasteiger partial charge on any atom is 0.323 e. The Morgan fingerprint density at radius 3 is 2.56 bits per heavy atom. The third-order valence-corrected chi connectivity index (χ3v) is 4.69. The molecule has 25 heavy (non-hydrogen) atoms. The van der Waals surface area contributed by atoms with Gasteiger partial charge in [0, 0.05) is 31.7 Å². The Morgan fingerprint density at radius 1 is 1.20 bits per heavy atom. The number of urea groups is 1. The lowest BCUT2D eigenvalue weighted by molar-refractivity contribution is 0.0671. The second kappa shape index (κ2) is 7.47. The van der Waals surface area contributed by atoms with Crippen molar-refractivity contribution in [2.45, 2.75) is 6.92 Å². The summed E-state index contributed by atoms with van der Waals surface area (Å²) < 4.78 is 5.28. The fourth-order valence-electron chi connectivity index (χ4n) is 2.65. The van der Waals surface area contributed by atoms with Gasteiger partial charge in [-0.2, -0.15) is 0 Å². The zero-order valence-corrected chi connectivity index (χ0v) is 14.9. The van der Waals surface area contributed by atoms with E-state index in [0.29, 0.717) is 42.6 Å². The van der Waals surface area contributed by atoms with Crippen molar-refractivity contribution < 1.29 is 14.3 Å². The molecule has 0 atom stereocenters. The van der Waals surface area contributed by atoms with Gasteiger partial charge < -0.3 is 14.5 Å². The van der Waals surface area contributed by atoms with Gasteiger partial charge in [-0.25, -0.2) is 4.79 Å². The van der Waals surface area contributed by atoms with Crippen molar-refractivity contribution in [3.8, 4) is 5.75 Å². The summed E-state index contributed by atoms with van der Waals surface area (Å²) in [5.41, 5.74) is 3.13. The third-order valence-electron chi connectivity index (χ3n) is 4.08. The van der Waals surface area contributed by atoms with Gasteiger partial charge in [0.15, 0.2) is 0 Å². The summed E-state index contributed by atoms with van der Waals surface area (Å²) in [5.74, 6) is 0.642. The van der Waals surface area contributed by atoms with Crippen LogP contribution < -0.4 is 10.1 Å². The predicted octanol–water partition coefficient (Wildman–Crippen LogP) is 1.85. The van der Waals surface area contributed by atoms with Gasteiger partial charge in [0.1, 0.15) is 11.3 Å². The quantitative estimate of drug-likeness (QED) is 0.901. The highest BCUT2D eigenvalue weighted by Crippen LogP contribution is 2.20. The first-order valence-electron chi connectivity index (χ1n) is 7.84. The largest absolute Gasteiger partial charge is 0.496 e. The summed E-state index contributed by atoms with van der Waals surface area (Å²) in [6, 6.07) is 5.21. The topological polar surface area (TPSA) is 87.7 Å². The number of hydrogen-bond acceptors (Lipinski definition) is 6. The van der Waals surface area contributed by atoms with Crippen LogP contribution in [0.25, 0.3) is 0 Å². The van der Waals surface area contributed by atoms with E-state index in [4.69, 9.17) is 4.74 Å². The number of anilines is 1. The van der Waals surface area contributed by atoms with E-state index in [1.165, 1.54) is 11.3 Å². The summed E-state index contributed by atoms with van der Waals surface area (Å²) in [4.78, 5) is 28.2. The van der Waals surface area contributed by atoms with Crippen LogP contribution in [0.15, 0.2) is 23.7 Å². The van der Waals surface area contributed by atoms with Crippen LogP contribution in [0.3, 0.4) is 0 Å². The van der Waals surface area contributed by atoms with Crippen molar-refractivity contribution in [1.29, 1.82) is 0 Å². The number of piperazine rings is 1. The maximum atomic E-state index is 12.6. The van der Waals surface area contributed by atoms with Crippen LogP contribution in [0.5, 0.6) is 5.75 Å². The minimum Gasteiger partial charge on any atom is -0.496 e. The van der Waals surface area contributed by atoms with E-state index < -0.39 is 0 Å². The number of carbonyl (C=O) groups excluding carboxylic acids is 2. The van der Waals surface area contributed by atoms with Crippen LogP contribution in [0.2, 0.25) is 0 Å². The Morgan fingerprint density at radius 2 is 1.92 bits per heavy atom. The Kier molecular flexibility index (Phi) is 5.13. The van der Waals surface area contributed by atoms with Crippen molar-refractivity contribution in [2.75, 3.05) is 38.6 Å². The van der Waals surface area contributed by atoms with Crippen LogP contribution in [0.4, 0.5) is 9.93 Å². The molecule has 0 spiro atoms. The average molecular weight is 361 g/mol. The molecule has 1 saturated heterocycles. The van der Waals surface area contributed by atoms with E-state index in [1.54, 1.807) is 34.6 Å². The normalized spacial score (nSPS) is 14.3. The van der Waals surface area contributed by atoms with Gasteiger partial charge in [0.05, 0.1) is 7.11 Å². The first-order valence-corrected chi connectivity index (χ1v) is 8.72. The number of ether oxygens (including phenoxy) is 1. The second-order valence-corrected chi connectivity index (χ2v) is 6.47. The molecule has 2 heterocycles. The number of rotatable bonds is 3.